The minimum absolute atomic E-state index is 0.181. The number of ketones is 1. The zero-order valence-corrected chi connectivity index (χ0v) is 23.0. The molecular weight excluding hydrogens is 535 g/mol. The predicted molar refractivity (Wildman–Crippen MR) is 141 cm³/mol. The van der Waals surface area contributed by atoms with Gasteiger partial charge in [-0.05, 0) is 30.4 Å². The van der Waals surface area contributed by atoms with Crippen LogP contribution in [0.3, 0.4) is 0 Å². The fourth-order valence-electron chi connectivity index (χ4n) is 4.22. The third kappa shape index (κ3) is 4.28. The second-order valence-electron chi connectivity index (χ2n) is 8.49. The lowest BCUT2D eigenvalue weighted by molar-refractivity contribution is 0.0965. The molecule has 0 N–H and O–H groups in total. The smallest absolute Gasteiger partial charge is 0.262 e. The number of fused-ring (bicyclic) bond motifs is 3. The van der Waals surface area contributed by atoms with Crippen LogP contribution < -0.4 is 19.8 Å². The van der Waals surface area contributed by atoms with Crippen LogP contribution in [-0.2, 0) is 13.0 Å². The quantitative estimate of drug-likeness (QED) is 0.323. The van der Waals surface area contributed by atoms with E-state index in [4.69, 9.17) is 54.0 Å². The summed E-state index contributed by atoms with van der Waals surface area (Å²) in [6.45, 7) is 4.52. The Morgan fingerprint density at radius 1 is 1.17 bits per heavy atom. The molecule has 188 valence electrons. The van der Waals surface area contributed by atoms with E-state index < -0.39 is 10.1 Å². The van der Waals surface area contributed by atoms with Crippen molar-refractivity contribution < 1.29 is 19.0 Å². The minimum atomic E-state index is -1.51. The second-order valence-corrected chi connectivity index (χ2v) is 11.4. The molecule has 0 aliphatic heterocycles. The van der Waals surface area contributed by atoms with Gasteiger partial charge in [-0.15, -0.1) is 11.3 Å². The highest BCUT2D eigenvalue weighted by Gasteiger charge is 2.42. The van der Waals surface area contributed by atoms with E-state index in [2.05, 4.69) is 13.8 Å². The number of thiophene rings is 1. The Morgan fingerprint density at radius 2 is 1.86 bits per heavy atom. The Balaban J connectivity index is 2.08. The van der Waals surface area contributed by atoms with Crippen LogP contribution in [0.15, 0.2) is 10.9 Å². The fourth-order valence-corrected chi connectivity index (χ4v) is 6.25. The van der Waals surface area contributed by atoms with Gasteiger partial charge in [-0.2, -0.15) is 0 Å². The standard InChI is InChI=1S/C24H25Cl3N2O5S/c1-6-11(2)10-29-21(13-9-14(32-3)17(33-4)18(34-5)16(13)25)28-22-15(23(29)31)12-7-8-24(26,27)20(30)19(12)35-22/h9,11H,6-8,10H2,1-5H3. The molecule has 1 unspecified atom stereocenters. The molecule has 7 nitrogen and oxygen atoms in total. The van der Waals surface area contributed by atoms with Crippen LogP contribution in [0, 0.1) is 5.92 Å². The number of hydrogen-bond acceptors (Lipinski definition) is 7. The van der Waals surface area contributed by atoms with E-state index in [1.54, 1.807) is 10.6 Å². The molecule has 0 amide bonds. The van der Waals surface area contributed by atoms with Crippen LogP contribution >= 0.6 is 46.1 Å². The summed E-state index contributed by atoms with van der Waals surface area (Å²) >= 11 is 20.4. The first-order valence-electron chi connectivity index (χ1n) is 11.1. The van der Waals surface area contributed by atoms with Gasteiger partial charge in [0, 0.05) is 12.1 Å². The number of hydrogen-bond donors (Lipinski definition) is 0. The number of carbonyl (C=O) groups is 1. The zero-order chi connectivity index (χ0) is 25.7. The van der Waals surface area contributed by atoms with Gasteiger partial charge in [-0.1, -0.05) is 55.1 Å². The van der Waals surface area contributed by atoms with Gasteiger partial charge >= 0.3 is 0 Å². The Hall–Kier alpha value is -2.00. The Kier molecular flexibility index (Phi) is 7.31. The van der Waals surface area contributed by atoms with E-state index in [1.807, 2.05) is 0 Å². The van der Waals surface area contributed by atoms with Gasteiger partial charge in [0.1, 0.15) is 10.7 Å². The van der Waals surface area contributed by atoms with Gasteiger partial charge in [0.15, 0.2) is 15.8 Å². The number of alkyl halides is 2. The van der Waals surface area contributed by atoms with Crippen molar-refractivity contribution in [3.8, 4) is 28.6 Å². The fraction of sp³-hybridized carbons (Fsp3) is 0.458. The first-order chi connectivity index (χ1) is 16.6. The molecule has 0 bridgehead atoms. The minimum Gasteiger partial charge on any atom is -0.493 e. The zero-order valence-electron chi connectivity index (χ0n) is 20.0. The monoisotopic (exact) mass is 558 g/mol. The molecule has 2 aromatic heterocycles. The summed E-state index contributed by atoms with van der Waals surface area (Å²) in [5.74, 6) is 1.11. The molecule has 3 aromatic rings. The third-order valence-electron chi connectivity index (χ3n) is 6.34. The van der Waals surface area contributed by atoms with E-state index in [9.17, 15) is 9.59 Å². The maximum Gasteiger partial charge on any atom is 0.262 e. The summed E-state index contributed by atoms with van der Waals surface area (Å²) in [6.07, 6.45) is 1.51. The maximum absolute atomic E-state index is 13.9. The average Bonchev–Trinajstić information content (AvgIpc) is 3.21. The maximum atomic E-state index is 13.9. The molecule has 0 saturated heterocycles. The largest absolute Gasteiger partial charge is 0.493 e. The number of halogens is 3. The Bertz CT molecular complexity index is 1380. The Labute approximate surface area is 221 Å². The number of Topliss-reactive ketones (excluding diaryl/α,β-unsaturated/α-hetero) is 1. The summed E-state index contributed by atoms with van der Waals surface area (Å²) in [4.78, 5) is 32.5. The average molecular weight is 560 g/mol. The molecule has 1 aliphatic carbocycles. The number of aromatic nitrogens is 2. The van der Waals surface area contributed by atoms with Crippen LogP contribution in [0.1, 0.15) is 41.9 Å². The number of benzene rings is 1. The van der Waals surface area contributed by atoms with Crippen molar-refractivity contribution in [2.75, 3.05) is 21.3 Å². The van der Waals surface area contributed by atoms with Crippen LogP contribution in [0.5, 0.6) is 17.2 Å². The Morgan fingerprint density at radius 3 is 2.46 bits per heavy atom. The highest BCUT2D eigenvalue weighted by atomic mass is 35.5. The number of carbonyl (C=O) groups excluding carboxylic acids is 1. The third-order valence-corrected chi connectivity index (χ3v) is 8.56. The molecule has 1 aromatic carbocycles. The number of nitrogens with zero attached hydrogens (tertiary/aromatic N) is 2. The lowest BCUT2D eigenvalue weighted by Gasteiger charge is -2.23. The van der Waals surface area contributed by atoms with Crippen molar-refractivity contribution in [3.63, 3.8) is 0 Å². The van der Waals surface area contributed by atoms with E-state index in [0.29, 0.717) is 56.5 Å². The number of ether oxygens (including phenoxy) is 3. The molecule has 0 spiro atoms. The van der Waals surface area contributed by atoms with Crippen molar-refractivity contribution in [1.29, 1.82) is 0 Å². The van der Waals surface area contributed by atoms with Gasteiger partial charge in [0.2, 0.25) is 11.5 Å². The van der Waals surface area contributed by atoms with Crippen LogP contribution in [0.2, 0.25) is 5.02 Å². The topological polar surface area (TPSA) is 79.7 Å². The molecule has 0 radical (unpaired) electrons. The SMILES string of the molecule is CCC(C)Cn1c(-c2cc(OC)c(OC)c(OC)c2Cl)nc2sc3c(c2c1=O)CCC(Cl)(Cl)C3=O. The van der Waals surface area contributed by atoms with Gasteiger partial charge < -0.3 is 14.2 Å². The summed E-state index contributed by atoms with van der Waals surface area (Å²) < 4.78 is 16.6. The van der Waals surface area contributed by atoms with E-state index in [1.165, 1.54) is 21.3 Å². The molecule has 1 aliphatic rings. The molecule has 4 rings (SSSR count). The highest BCUT2D eigenvalue weighted by Crippen LogP contribution is 2.48. The molecule has 35 heavy (non-hydrogen) atoms. The first kappa shape index (κ1) is 26.1. The summed E-state index contributed by atoms with van der Waals surface area (Å²) in [7, 11) is 4.46. The highest BCUT2D eigenvalue weighted by molar-refractivity contribution is 7.21. The van der Waals surface area contributed by atoms with Crippen LogP contribution in [0.25, 0.3) is 21.6 Å². The molecule has 1 atom stereocenters. The molecule has 2 heterocycles. The van der Waals surface area contributed by atoms with Crippen molar-refractivity contribution in [3.05, 3.63) is 31.9 Å². The summed E-state index contributed by atoms with van der Waals surface area (Å²) in [6, 6.07) is 1.67. The molecule has 0 saturated carbocycles. The predicted octanol–water partition coefficient (Wildman–Crippen LogP) is 6.15. The number of aryl methyl sites for hydroxylation is 1. The van der Waals surface area contributed by atoms with Crippen molar-refractivity contribution in [2.24, 2.45) is 5.92 Å². The number of methoxy groups -OCH3 is 3. The van der Waals surface area contributed by atoms with Gasteiger partial charge in [0.25, 0.3) is 5.56 Å². The van der Waals surface area contributed by atoms with Gasteiger partial charge in [-0.25, -0.2) is 4.98 Å². The first-order valence-corrected chi connectivity index (χ1v) is 13.0. The van der Waals surface area contributed by atoms with Crippen molar-refractivity contribution >= 4 is 62.1 Å². The van der Waals surface area contributed by atoms with E-state index >= 15 is 0 Å². The lowest BCUT2D eigenvalue weighted by Crippen LogP contribution is -2.32. The van der Waals surface area contributed by atoms with Crippen molar-refractivity contribution in [2.45, 2.75) is 44.0 Å². The van der Waals surface area contributed by atoms with E-state index in [0.717, 1.165) is 17.8 Å². The van der Waals surface area contributed by atoms with Crippen molar-refractivity contribution in [1.82, 2.24) is 9.55 Å². The second kappa shape index (κ2) is 9.81. The molecular formula is C24H25Cl3N2O5S. The number of rotatable bonds is 7. The summed E-state index contributed by atoms with van der Waals surface area (Å²) in [5.41, 5.74) is 0.868. The normalized spacial score (nSPS) is 15.7. The summed E-state index contributed by atoms with van der Waals surface area (Å²) in [5, 5.41) is 0.657. The molecule has 0 fully saturated rings. The van der Waals surface area contributed by atoms with Gasteiger partial charge in [0.05, 0.1) is 36.6 Å². The van der Waals surface area contributed by atoms with Crippen LogP contribution in [0.4, 0.5) is 0 Å². The van der Waals surface area contributed by atoms with E-state index in [-0.39, 0.29) is 28.7 Å². The van der Waals surface area contributed by atoms with Crippen LogP contribution in [-0.4, -0.2) is 41.0 Å². The lowest BCUT2D eigenvalue weighted by atomic mass is 9.95. The van der Waals surface area contributed by atoms with Gasteiger partial charge in [-0.3, -0.25) is 14.2 Å². The molecule has 11 heteroatoms.